The van der Waals surface area contributed by atoms with Crippen LogP contribution in [0.15, 0.2) is 5.38 Å². The summed E-state index contributed by atoms with van der Waals surface area (Å²) in [7, 11) is 0. The van der Waals surface area contributed by atoms with Crippen molar-refractivity contribution in [2.45, 2.75) is 33.3 Å². The molecule has 16 heavy (non-hydrogen) atoms. The van der Waals surface area contributed by atoms with Gasteiger partial charge >= 0.3 is 0 Å². The topological polar surface area (TPSA) is 63.8 Å². The highest BCUT2D eigenvalue weighted by molar-refractivity contribution is 7.12. The Hall–Kier alpha value is -1.27. The van der Waals surface area contributed by atoms with Gasteiger partial charge in [0.05, 0.1) is 18.0 Å². The van der Waals surface area contributed by atoms with E-state index in [1.165, 1.54) is 11.3 Å². The quantitative estimate of drug-likeness (QED) is 0.876. The number of hydrogen-bond acceptors (Lipinski definition) is 5. The van der Waals surface area contributed by atoms with Gasteiger partial charge in [-0.05, 0) is 13.3 Å². The summed E-state index contributed by atoms with van der Waals surface area (Å²) in [6.07, 6.45) is 1.84. The molecule has 86 valence electrons. The highest BCUT2D eigenvalue weighted by atomic mass is 32.1. The summed E-state index contributed by atoms with van der Waals surface area (Å²) < 4.78 is 1.73. The normalized spacial score (nSPS) is 10.9. The molecule has 0 aromatic carbocycles. The molecular formula is C10H14N4OS. The zero-order valence-electron chi connectivity index (χ0n) is 9.34. The minimum Gasteiger partial charge on any atom is -0.390 e. The molecule has 0 saturated heterocycles. The lowest BCUT2D eigenvalue weighted by molar-refractivity contribution is 0.275. The number of aryl methyl sites for hydroxylation is 1. The van der Waals surface area contributed by atoms with Crippen molar-refractivity contribution in [1.82, 2.24) is 20.0 Å². The van der Waals surface area contributed by atoms with Crippen LogP contribution in [0.5, 0.6) is 0 Å². The lowest BCUT2D eigenvalue weighted by atomic mass is 10.2. The van der Waals surface area contributed by atoms with Crippen molar-refractivity contribution in [2.75, 3.05) is 0 Å². The summed E-state index contributed by atoms with van der Waals surface area (Å²) in [5.41, 5.74) is 2.58. The Morgan fingerprint density at radius 3 is 2.88 bits per heavy atom. The van der Waals surface area contributed by atoms with E-state index in [4.69, 9.17) is 0 Å². The van der Waals surface area contributed by atoms with Crippen LogP contribution in [0.4, 0.5) is 0 Å². The summed E-state index contributed by atoms with van der Waals surface area (Å²) in [5.74, 6) is 0. The van der Waals surface area contributed by atoms with Crippen LogP contribution in [0.1, 0.15) is 30.4 Å². The van der Waals surface area contributed by atoms with Gasteiger partial charge in [-0.2, -0.15) is 4.68 Å². The highest BCUT2D eigenvalue weighted by Crippen LogP contribution is 2.18. The van der Waals surface area contributed by atoms with E-state index in [2.05, 4.69) is 22.2 Å². The van der Waals surface area contributed by atoms with Gasteiger partial charge in [0, 0.05) is 5.38 Å². The van der Waals surface area contributed by atoms with E-state index < -0.39 is 0 Å². The molecule has 0 bridgehead atoms. The van der Waals surface area contributed by atoms with Crippen molar-refractivity contribution in [2.24, 2.45) is 0 Å². The van der Waals surface area contributed by atoms with Crippen LogP contribution in [-0.2, 0) is 13.0 Å². The fraction of sp³-hybridized carbons (Fsp3) is 0.500. The van der Waals surface area contributed by atoms with Crippen LogP contribution in [-0.4, -0.2) is 25.1 Å². The van der Waals surface area contributed by atoms with Gasteiger partial charge in [-0.25, -0.2) is 4.98 Å². The molecule has 0 unspecified atom stereocenters. The zero-order chi connectivity index (χ0) is 11.5. The average Bonchev–Trinajstić information content (AvgIpc) is 2.85. The standard InChI is InChI=1S/C10H14N4OS/c1-3-4-9-8(5-15)12-13-14(9)10-11-7(2)6-16-10/h6,15H,3-5H2,1-2H3. The molecule has 2 heterocycles. The first-order valence-corrected chi connectivity index (χ1v) is 6.11. The predicted molar refractivity (Wildman–Crippen MR) is 61.7 cm³/mol. The molecule has 6 heteroatoms. The van der Waals surface area contributed by atoms with Crippen molar-refractivity contribution < 1.29 is 5.11 Å². The summed E-state index contributed by atoms with van der Waals surface area (Å²) in [6.45, 7) is 3.97. The van der Waals surface area contributed by atoms with Crippen LogP contribution in [0, 0.1) is 6.92 Å². The molecule has 2 aromatic rings. The highest BCUT2D eigenvalue weighted by Gasteiger charge is 2.14. The Labute approximate surface area is 97.8 Å². The van der Waals surface area contributed by atoms with E-state index in [0.29, 0.717) is 5.69 Å². The van der Waals surface area contributed by atoms with Crippen LogP contribution >= 0.6 is 11.3 Å². The van der Waals surface area contributed by atoms with Gasteiger partial charge in [-0.1, -0.05) is 18.6 Å². The van der Waals surface area contributed by atoms with Crippen molar-refractivity contribution in [3.63, 3.8) is 0 Å². The van der Waals surface area contributed by atoms with Gasteiger partial charge in [0.1, 0.15) is 5.69 Å². The van der Waals surface area contributed by atoms with Gasteiger partial charge in [-0.15, -0.1) is 16.4 Å². The molecule has 0 atom stereocenters. The van der Waals surface area contributed by atoms with Crippen LogP contribution < -0.4 is 0 Å². The number of thiazole rings is 1. The molecule has 0 aliphatic rings. The number of nitrogens with zero attached hydrogens (tertiary/aromatic N) is 4. The maximum Gasteiger partial charge on any atom is 0.212 e. The van der Waals surface area contributed by atoms with Crippen molar-refractivity contribution >= 4 is 11.3 Å². The number of aliphatic hydroxyl groups excluding tert-OH is 1. The van der Waals surface area contributed by atoms with E-state index >= 15 is 0 Å². The maximum atomic E-state index is 9.18. The number of aromatic nitrogens is 4. The third-order valence-corrected chi connectivity index (χ3v) is 3.20. The number of rotatable bonds is 4. The van der Waals surface area contributed by atoms with Gasteiger partial charge in [0.15, 0.2) is 0 Å². The van der Waals surface area contributed by atoms with E-state index in [0.717, 1.165) is 29.4 Å². The Morgan fingerprint density at radius 1 is 1.50 bits per heavy atom. The fourth-order valence-corrected chi connectivity index (χ4v) is 2.31. The molecule has 1 N–H and O–H groups in total. The smallest absolute Gasteiger partial charge is 0.212 e. The molecule has 2 aromatic heterocycles. The predicted octanol–water partition coefficient (Wildman–Crippen LogP) is 1.48. The lowest BCUT2D eigenvalue weighted by Gasteiger charge is -2.02. The summed E-state index contributed by atoms with van der Waals surface area (Å²) >= 11 is 1.53. The zero-order valence-corrected chi connectivity index (χ0v) is 10.2. The van der Waals surface area contributed by atoms with Gasteiger partial charge in [0.25, 0.3) is 0 Å². The largest absolute Gasteiger partial charge is 0.390 e. The third kappa shape index (κ3) is 1.98. The minimum absolute atomic E-state index is 0.0698. The average molecular weight is 238 g/mol. The second-order valence-corrected chi connectivity index (χ2v) is 4.41. The van der Waals surface area contributed by atoms with Crippen LogP contribution in [0.3, 0.4) is 0 Å². The maximum absolute atomic E-state index is 9.18. The Bertz CT molecular complexity index is 477. The molecule has 0 aliphatic carbocycles. The first-order chi connectivity index (χ1) is 7.76. The SMILES string of the molecule is CCCc1c(CO)nnn1-c1nc(C)cs1. The minimum atomic E-state index is -0.0698. The van der Waals surface area contributed by atoms with Crippen LogP contribution in [0.2, 0.25) is 0 Å². The van der Waals surface area contributed by atoms with Gasteiger partial charge < -0.3 is 5.11 Å². The van der Waals surface area contributed by atoms with E-state index in [9.17, 15) is 5.11 Å². The molecule has 0 amide bonds. The van der Waals surface area contributed by atoms with Crippen molar-refractivity contribution in [3.8, 4) is 5.13 Å². The number of hydrogen-bond donors (Lipinski definition) is 1. The summed E-state index contributed by atoms with van der Waals surface area (Å²) in [5, 5.41) is 20.0. The molecular weight excluding hydrogens is 224 g/mol. The van der Waals surface area contributed by atoms with E-state index in [-0.39, 0.29) is 6.61 Å². The van der Waals surface area contributed by atoms with Gasteiger partial charge in [-0.3, -0.25) is 0 Å². The fourth-order valence-electron chi connectivity index (χ4n) is 1.54. The molecule has 0 saturated carbocycles. The second kappa shape index (κ2) is 4.71. The Kier molecular flexibility index (Phi) is 3.31. The summed E-state index contributed by atoms with van der Waals surface area (Å²) in [4.78, 5) is 4.37. The third-order valence-electron chi connectivity index (χ3n) is 2.27. The molecule has 2 rings (SSSR count). The van der Waals surface area contributed by atoms with Crippen molar-refractivity contribution in [3.05, 3.63) is 22.5 Å². The first-order valence-electron chi connectivity index (χ1n) is 5.23. The monoisotopic (exact) mass is 238 g/mol. The second-order valence-electron chi connectivity index (χ2n) is 3.57. The number of aliphatic hydroxyl groups is 1. The van der Waals surface area contributed by atoms with E-state index in [1.807, 2.05) is 12.3 Å². The van der Waals surface area contributed by atoms with Crippen molar-refractivity contribution in [1.29, 1.82) is 0 Å². The van der Waals surface area contributed by atoms with Crippen LogP contribution in [0.25, 0.3) is 5.13 Å². The molecule has 0 fully saturated rings. The first kappa shape index (κ1) is 11.2. The van der Waals surface area contributed by atoms with E-state index in [1.54, 1.807) is 4.68 Å². The molecule has 0 spiro atoms. The molecule has 0 radical (unpaired) electrons. The molecule has 0 aliphatic heterocycles. The van der Waals surface area contributed by atoms with Gasteiger partial charge in [0.2, 0.25) is 5.13 Å². The lowest BCUT2D eigenvalue weighted by Crippen LogP contribution is -2.03. The Balaban J connectivity index is 2.43. The molecule has 5 nitrogen and oxygen atoms in total. The Morgan fingerprint density at radius 2 is 2.31 bits per heavy atom. The summed E-state index contributed by atoms with van der Waals surface area (Å²) in [6, 6.07) is 0.